The van der Waals surface area contributed by atoms with E-state index in [1.54, 1.807) is 0 Å². The smallest absolute Gasteiger partial charge is 0.251 e. The average Bonchev–Trinajstić information content (AvgIpc) is 2.57. The van der Waals surface area contributed by atoms with E-state index >= 15 is 0 Å². The second-order valence-electron chi connectivity index (χ2n) is 5.85. The summed E-state index contributed by atoms with van der Waals surface area (Å²) >= 11 is 0. The number of aliphatic hydroxyl groups is 4. The third-order valence-corrected chi connectivity index (χ3v) is 3.71. The average molecular weight is 334 g/mol. The van der Waals surface area contributed by atoms with Gasteiger partial charge in [-0.05, 0) is 25.9 Å². The minimum absolute atomic E-state index is 0.376. The fourth-order valence-electron chi connectivity index (χ4n) is 2.16. The van der Waals surface area contributed by atoms with Gasteiger partial charge in [0.1, 0.15) is 12.2 Å². The predicted molar refractivity (Wildman–Crippen MR) is 89.0 cm³/mol. The Labute approximate surface area is 139 Å². The number of hydrogen-bond acceptors (Lipinski definition) is 6. The van der Waals surface area contributed by atoms with Crippen LogP contribution < -0.4 is 10.6 Å². The Hall–Kier alpha value is -0.730. The van der Waals surface area contributed by atoms with Crippen molar-refractivity contribution >= 4 is 5.91 Å². The Morgan fingerprint density at radius 1 is 0.913 bits per heavy atom. The summed E-state index contributed by atoms with van der Waals surface area (Å²) in [7, 11) is 0. The summed E-state index contributed by atoms with van der Waals surface area (Å²) < 4.78 is 0. The largest absolute Gasteiger partial charge is 0.394 e. The molecule has 0 fully saturated rings. The monoisotopic (exact) mass is 334 g/mol. The Morgan fingerprint density at radius 2 is 1.52 bits per heavy atom. The highest BCUT2D eigenvalue weighted by Crippen LogP contribution is 2.04. The number of hydrogen-bond donors (Lipinski definition) is 6. The van der Waals surface area contributed by atoms with Gasteiger partial charge in [-0.1, -0.05) is 39.0 Å². The molecule has 0 saturated heterocycles. The highest BCUT2D eigenvalue weighted by molar-refractivity contribution is 5.81. The van der Waals surface area contributed by atoms with E-state index in [1.165, 1.54) is 32.1 Å². The summed E-state index contributed by atoms with van der Waals surface area (Å²) in [5, 5.41) is 42.5. The summed E-state index contributed by atoms with van der Waals surface area (Å²) in [6, 6.07) is 0. The Balaban J connectivity index is 3.48. The second kappa shape index (κ2) is 14.8. The van der Waals surface area contributed by atoms with Crippen molar-refractivity contribution < 1.29 is 25.2 Å². The van der Waals surface area contributed by atoms with E-state index in [9.17, 15) is 15.0 Å². The molecular weight excluding hydrogens is 300 g/mol. The molecule has 7 nitrogen and oxygen atoms in total. The fraction of sp³-hybridized carbons (Fsp3) is 0.938. The lowest BCUT2D eigenvalue weighted by Gasteiger charge is -2.20. The highest BCUT2D eigenvalue weighted by Gasteiger charge is 2.29. The van der Waals surface area contributed by atoms with Gasteiger partial charge in [-0.2, -0.15) is 0 Å². The minimum atomic E-state index is -1.74. The maximum Gasteiger partial charge on any atom is 0.251 e. The van der Waals surface area contributed by atoms with Gasteiger partial charge in [0.25, 0.3) is 5.91 Å². The first kappa shape index (κ1) is 22.3. The zero-order chi connectivity index (χ0) is 17.5. The van der Waals surface area contributed by atoms with Gasteiger partial charge in [-0.3, -0.25) is 4.79 Å². The molecule has 138 valence electrons. The lowest BCUT2D eigenvalue weighted by atomic mass is 10.1. The Morgan fingerprint density at radius 3 is 2.17 bits per heavy atom. The number of carbonyl (C=O) groups excluding carboxylic acids is 1. The molecule has 0 spiro atoms. The van der Waals surface area contributed by atoms with Crippen LogP contribution in [0.4, 0.5) is 0 Å². The molecule has 0 bridgehead atoms. The van der Waals surface area contributed by atoms with Crippen LogP contribution in [0.5, 0.6) is 0 Å². The zero-order valence-electron chi connectivity index (χ0n) is 14.2. The molecular formula is C16H34N2O5. The van der Waals surface area contributed by atoms with Crippen LogP contribution in [0, 0.1) is 0 Å². The molecule has 0 aromatic carbocycles. The van der Waals surface area contributed by atoms with Crippen molar-refractivity contribution in [1.82, 2.24) is 10.6 Å². The van der Waals surface area contributed by atoms with Crippen molar-refractivity contribution in [1.29, 1.82) is 0 Å². The van der Waals surface area contributed by atoms with Gasteiger partial charge in [0.15, 0.2) is 6.10 Å². The molecule has 1 amide bonds. The maximum absolute atomic E-state index is 11.5. The highest BCUT2D eigenvalue weighted by atomic mass is 16.4. The van der Waals surface area contributed by atoms with Crippen LogP contribution in [0.3, 0.4) is 0 Å². The van der Waals surface area contributed by atoms with Crippen LogP contribution in [-0.2, 0) is 4.79 Å². The number of amides is 1. The van der Waals surface area contributed by atoms with Crippen molar-refractivity contribution in [3.8, 4) is 0 Å². The van der Waals surface area contributed by atoms with E-state index in [4.69, 9.17) is 10.2 Å². The molecule has 23 heavy (non-hydrogen) atoms. The number of carbonyl (C=O) groups is 1. The summed E-state index contributed by atoms with van der Waals surface area (Å²) in [5.74, 6) is -0.749. The molecule has 0 rings (SSSR count). The number of rotatable bonds is 15. The van der Waals surface area contributed by atoms with Gasteiger partial charge in [-0.15, -0.1) is 0 Å². The number of nitrogens with one attached hydrogen (secondary N) is 2. The third-order valence-electron chi connectivity index (χ3n) is 3.71. The fourth-order valence-corrected chi connectivity index (χ4v) is 2.16. The quantitative estimate of drug-likeness (QED) is 0.225. The van der Waals surface area contributed by atoms with Crippen molar-refractivity contribution in [2.24, 2.45) is 0 Å². The van der Waals surface area contributed by atoms with Gasteiger partial charge in [0.05, 0.1) is 6.61 Å². The number of unbranched alkanes of at least 4 members (excludes halogenated alkanes) is 5. The van der Waals surface area contributed by atoms with Crippen LogP contribution in [0.15, 0.2) is 0 Å². The van der Waals surface area contributed by atoms with Crippen LogP contribution >= 0.6 is 0 Å². The molecule has 0 aliphatic heterocycles. The van der Waals surface area contributed by atoms with Crippen molar-refractivity contribution in [2.45, 2.75) is 70.2 Å². The van der Waals surface area contributed by atoms with E-state index in [0.717, 1.165) is 19.5 Å². The zero-order valence-corrected chi connectivity index (χ0v) is 14.2. The lowest BCUT2D eigenvalue weighted by molar-refractivity contribution is -0.142. The van der Waals surface area contributed by atoms with Gasteiger partial charge in [0, 0.05) is 6.54 Å². The SMILES string of the molecule is CCCCCCCCNCCCNC(=O)[C@H](O)[C@H](O)[C@H](O)CO. The topological polar surface area (TPSA) is 122 Å². The summed E-state index contributed by atoms with van der Waals surface area (Å²) in [6.45, 7) is 3.60. The maximum atomic E-state index is 11.5. The molecule has 0 heterocycles. The number of aliphatic hydroxyl groups excluding tert-OH is 4. The van der Waals surface area contributed by atoms with Crippen molar-refractivity contribution in [2.75, 3.05) is 26.2 Å². The predicted octanol–water partition coefficient (Wildman–Crippen LogP) is -0.482. The normalized spacial score (nSPS) is 15.2. The molecule has 0 aromatic rings. The van der Waals surface area contributed by atoms with E-state index in [1.807, 2.05) is 0 Å². The summed E-state index contributed by atoms with van der Waals surface area (Å²) in [6.07, 6.45) is 3.30. The van der Waals surface area contributed by atoms with E-state index in [0.29, 0.717) is 13.0 Å². The van der Waals surface area contributed by atoms with Gasteiger partial charge in [0.2, 0.25) is 0 Å². The van der Waals surface area contributed by atoms with Crippen molar-refractivity contribution in [3.63, 3.8) is 0 Å². The van der Waals surface area contributed by atoms with Crippen LogP contribution in [0.2, 0.25) is 0 Å². The third kappa shape index (κ3) is 11.4. The molecule has 0 unspecified atom stereocenters. The van der Waals surface area contributed by atoms with E-state index in [2.05, 4.69) is 17.6 Å². The van der Waals surface area contributed by atoms with Gasteiger partial charge >= 0.3 is 0 Å². The first-order valence-electron chi connectivity index (χ1n) is 8.68. The standard InChI is InChI=1S/C16H34N2O5/c1-2-3-4-5-6-7-9-17-10-8-11-18-16(23)15(22)14(21)13(20)12-19/h13-15,17,19-22H,2-12H2,1H3,(H,18,23)/t13-,14-,15-/m1/s1. The Bertz CT molecular complexity index is 292. The van der Waals surface area contributed by atoms with E-state index < -0.39 is 30.8 Å². The molecule has 0 radical (unpaired) electrons. The molecule has 7 heteroatoms. The van der Waals surface area contributed by atoms with Crippen LogP contribution in [0.1, 0.15) is 51.9 Å². The molecule has 0 saturated carbocycles. The molecule has 3 atom stereocenters. The summed E-state index contributed by atoms with van der Waals surface area (Å²) in [5.41, 5.74) is 0. The molecule has 0 aliphatic carbocycles. The summed E-state index contributed by atoms with van der Waals surface area (Å²) in [4.78, 5) is 11.5. The lowest BCUT2D eigenvalue weighted by Crippen LogP contribution is -2.48. The van der Waals surface area contributed by atoms with Crippen LogP contribution in [0.25, 0.3) is 0 Å². The van der Waals surface area contributed by atoms with E-state index in [-0.39, 0.29) is 0 Å². The van der Waals surface area contributed by atoms with Gasteiger partial charge < -0.3 is 31.1 Å². The molecule has 0 aromatic heterocycles. The first-order chi connectivity index (χ1) is 11.0. The van der Waals surface area contributed by atoms with Crippen molar-refractivity contribution in [3.05, 3.63) is 0 Å². The van der Waals surface area contributed by atoms with Crippen LogP contribution in [-0.4, -0.2) is 70.9 Å². The second-order valence-corrected chi connectivity index (χ2v) is 5.85. The minimum Gasteiger partial charge on any atom is -0.394 e. The molecule has 6 N–H and O–H groups in total. The first-order valence-corrected chi connectivity index (χ1v) is 8.68. The van der Waals surface area contributed by atoms with Gasteiger partial charge in [-0.25, -0.2) is 0 Å². The Kier molecular flexibility index (Phi) is 14.4. The molecule has 0 aliphatic rings.